The van der Waals surface area contributed by atoms with E-state index in [4.69, 9.17) is 9.15 Å². The highest BCUT2D eigenvalue weighted by atomic mass is 16.5. The van der Waals surface area contributed by atoms with Gasteiger partial charge in [0, 0.05) is 0 Å². The third-order valence-electron chi connectivity index (χ3n) is 4.04. The van der Waals surface area contributed by atoms with Crippen LogP contribution >= 0.6 is 0 Å². The van der Waals surface area contributed by atoms with Crippen molar-refractivity contribution in [3.8, 4) is 0 Å². The zero-order valence-corrected chi connectivity index (χ0v) is 12.7. The van der Waals surface area contributed by atoms with Gasteiger partial charge in [-0.15, -0.1) is 0 Å². The lowest BCUT2D eigenvalue weighted by atomic mass is 9.88. The van der Waals surface area contributed by atoms with Crippen molar-refractivity contribution in [2.24, 2.45) is 5.92 Å². The molecule has 0 aliphatic heterocycles. The van der Waals surface area contributed by atoms with Crippen molar-refractivity contribution >= 4 is 5.91 Å². The number of nitrogens with one attached hydrogen (secondary N) is 1. The van der Waals surface area contributed by atoms with Crippen molar-refractivity contribution in [2.75, 3.05) is 6.61 Å². The van der Waals surface area contributed by atoms with Gasteiger partial charge in [-0.05, 0) is 37.8 Å². The molecule has 4 unspecified atom stereocenters. The summed E-state index contributed by atoms with van der Waals surface area (Å²) in [5.74, 6) is 0.986. The molecule has 21 heavy (non-hydrogen) atoms. The van der Waals surface area contributed by atoms with E-state index in [9.17, 15) is 9.90 Å². The van der Waals surface area contributed by atoms with Crippen LogP contribution in [0.4, 0.5) is 0 Å². The van der Waals surface area contributed by atoms with E-state index in [1.165, 1.54) is 12.7 Å². The van der Waals surface area contributed by atoms with Crippen LogP contribution in [-0.2, 0) is 9.53 Å². The number of carbonyl (C=O) groups is 1. The fraction of sp³-hybridized carbons (Fsp3) is 0.688. The minimum Gasteiger partial charge on any atom is -0.467 e. The summed E-state index contributed by atoms with van der Waals surface area (Å²) < 4.78 is 11.1. The molecule has 1 fully saturated rings. The van der Waals surface area contributed by atoms with Crippen molar-refractivity contribution in [3.63, 3.8) is 0 Å². The molecule has 1 aliphatic rings. The van der Waals surface area contributed by atoms with E-state index in [-0.39, 0.29) is 18.6 Å². The Hall–Kier alpha value is -1.33. The molecule has 4 atom stereocenters. The largest absolute Gasteiger partial charge is 0.467 e. The Kier molecular flexibility index (Phi) is 5.82. The summed E-state index contributed by atoms with van der Waals surface area (Å²) in [6.45, 7) is 3.77. The number of hydrogen-bond acceptors (Lipinski definition) is 4. The van der Waals surface area contributed by atoms with Crippen molar-refractivity contribution in [2.45, 2.75) is 57.8 Å². The van der Waals surface area contributed by atoms with E-state index in [2.05, 4.69) is 12.2 Å². The van der Waals surface area contributed by atoms with E-state index < -0.39 is 12.1 Å². The minimum absolute atomic E-state index is 0.158. The highest BCUT2D eigenvalue weighted by Gasteiger charge is 2.26. The summed E-state index contributed by atoms with van der Waals surface area (Å²) in [5, 5.41) is 12.1. The van der Waals surface area contributed by atoms with Crippen molar-refractivity contribution in [1.82, 2.24) is 5.32 Å². The maximum Gasteiger partial charge on any atom is 0.249 e. The molecule has 1 saturated carbocycles. The highest BCUT2D eigenvalue weighted by Crippen LogP contribution is 2.26. The Morgan fingerprint density at radius 1 is 1.57 bits per heavy atom. The predicted molar refractivity (Wildman–Crippen MR) is 78.6 cm³/mol. The molecule has 5 heteroatoms. The quantitative estimate of drug-likeness (QED) is 0.845. The molecule has 1 amide bonds. The van der Waals surface area contributed by atoms with Crippen LogP contribution in [-0.4, -0.2) is 29.8 Å². The Morgan fingerprint density at radius 3 is 3.00 bits per heavy atom. The van der Waals surface area contributed by atoms with Crippen LogP contribution in [0.15, 0.2) is 22.8 Å². The van der Waals surface area contributed by atoms with Crippen LogP contribution in [0.2, 0.25) is 0 Å². The SMILES string of the molecule is CC1CCCC(OC(C)C(=O)NC(CO)c2ccco2)C1. The maximum atomic E-state index is 12.2. The second-order valence-corrected chi connectivity index (χ2v) is 5.93. The third-order valence-corrected chi connectivity index (χ3v) is 4.04. The Labute approximate surface area is 125 Å². The molecule has 0 saturated heterocycles. The van der Waals surface area contributed by atoms with Crippen molar-refractivity contribution < 1.29 is 19.1 Å². The Bertz CT molecular complexity index is 431. The lowest BCUT2D eigenvalue weighted by Gasteiger charge is -2.29. The van der Waals surface area contributed by atoms with Crippen LogP contribution in [0.1, 0.15) is 51.3 Å². The molecule has 0 aromatic carbocycles. The zero-order chi connectivity index (χ0) is 15.2. The lowest BCUT2D eigenvalue weighted by Crippen LogP contribution is -2.40. The Morgan fingerprint density at radius 2 is 2.38 bits per heavy atom. The van der Waals surface area contributed by atoms with Gasteiger partial charge in [0.15, 0.2) is 0 Å². The number of furan rings is 1. The van der Waals surface area contributed by atoms with Crippen molar-refractivity contribution in [1.29, 1.82) is 0 Å². The fourth-order valence-corrected chi connectivity index (χ4v) is 2.84. The molecular formula is C16H25NO4. The average molecular weight is 295 g/mol. The van der Waals surface area contributed by atoms with Gasteiger partial charge in [-0.1, -0.05) is 19.8 Å². The summed E-state index contributed by atoms with van der Waals surface area (Å²) in [5.41, 5.74) is 0. The number of aliphatic hydroxyl groups excluding tert-OH is 1. The topological polar surface area (TPSA) is 71.7 Å². The van der Waals surface area contributed by atoms with Crippen molar-refractivity contribution in [3.05, 3.63) is 24.2 Å². The first-order valence-electron chi connectivity index (χ1n) is 7.70. The summed E-state index contributed by atoms with van der Waals surface area (Å²) in [6, 6.07) is 2.94. The maximum absolute atomic E-state index is 12.2. The van der Waals surface area contributed by atoms with E-state index in [0.717, 1.165) is 19.3 Å². The number of amides is 1. The number of hydrogen-bond donors (Lipinski definition) is 2. The molecule has 2 N–H and O–H groups in total. The van der Waals surface area contributed by atoms with Gasteiger partial charge in [-0.25, -0.2) is 0 Å². The third kappa shape index (κ3) is 4.58. The molecule has 1 heterocycles. The number of aliphatic hydroxyl groups is 1. The predicted octanol–water partition coefficient (Wildman–Crippen LogP) is 2.41. The van der Waals surface area contributed by atoms with E-state index in [1.54, 1.807) is 19.1 Å². The smallest absolute Gasteiger partial charge is 0.249 e. The van der Waals surface area contributed by atoms with Gasteiger partial charge in [-0.3, -0.25) is 4.79 Å². The summed E-state index contributed by atoms with van der Waals surface area (Å²) in [7, 11) is 0. The molecule has 0 bridgehead atoms. The second-order valence-electron chi connectivity index (χ2n) is 5.93. The summed E-state index contributed by atoms with van der Waals surface area (Å²) >= 11 is 0. The molecule has 5 nitrogen and oxygen atoms in total. The first kappa shape index (κ1) is 16.0. The van der Waals surface area contributed by atoms with E-state index in [1.807, 2.05) is 0 Å². The number of carbonyl (C=O) groups excluding carboxylic acids is 1. The van der Waals surface area contributed by atoms with Crippen LogP contribution in [0.3, 0.4) is 0 Å². The number of rotatable bonds is 6. The van der Waals surface area contributed by atoms with Gasteiger partial charge in [0.1, 0.15) is 17.9 Å². The first-order chi connectivity index (χ1) is 10.1. The van der Waals surface area contributed by atoms with Gasteiger partial charge < -0.3 is 19.6 Å². The zero-order valence-electron chi connectivity index (χ0n) is 12.7. The minimum atomic E-state index is -0.524. The molecular weight excluding hydrogens is 270 g/mol. The molecule has 1 aromatic heterocycles. The van der Waals surface area contributed by atoms with Gasteiger partial charge in [0.05, 0.1) is 19.0 Å². The van der Waals surface area contributed by atoms with Crippen LogP contribution in [0.25, 0.3) is 0 Å². The molecule has 118 valence electrons. The van der Waals surface area contributed by atoms with Gasteiger partial charge >= 0.3 is 0 Å². The lowest BCUT2D eigenvalue weighted by molar-refractivity contribution is -0.138. The molecule has 1 aliphatic carbocycles. The highest BCUT2D eigenvalue weighted by molar-refractivity contribution is 5.80. The molecule has 1 aromatic rings. The summed E-state index contributed by atoms with van der Waals surface area (Å²) in [6.07, 6.45) is 5.59. The van der Waals surface area contributed by atoms with Gasteiger partial charge in [-0.2, -0.15) is 0 Å². The monoisotopic (exact) mass is 295 g/mol. The molecule has 0 radical (unpaired) electrons. The van der Waals surface area contributed by atoms with E-state index in [0.29, 0.717) is 11.7 Å². The van der Waals surface area contributed by atoms with Crippen LogP contribution in [0.5, 0.6) is 0 Å². The summed E-state index contributed by atoms with van der Waals surface area (Å²) in [4.78, 5) is 12.2. The Balaban J connectivity index is 1.84. The van der Waals surface area contributed by atoms with Crippen LogP contribution < -0.4 is 5.32 Å². The normalized spacial score (nSPS) is 25.3. The van der Waals surface area contributed by atoms with Gasteiger partial charge in [0.25, 0.3) is 0 Å². The standard InChI is InChI=1S/C16H25NO4/c1-11-5-3-6-13(9-11)21-12(2)16(19)17-14(10-18)15-7-4-8-20-15/h4,7-8,11-14,18H,3,5-6,9-10H2,1-2H3,(H,17,19). The second kappa shape index (κ2) is 7.61. The average Bonchev–Trinajstić information content (AvgIpc) is 2.98. The van der Waals surface area contributed by atoms with E-state index >= 15 is 0 Å². The number of ether oxygens (including phenoxy) is 1. The molecule has 2 rings (SSSR count). The molecule has 0 spiro atoms. The fourth-order valence-electron chi connectivity index (χ4n) is 2.84. The van der Waals surface area contributed by atoms with Crippen LogP contribution in [0, 0.1) is 5.92 Å². The first-order valence-corrected chi connectivity index (χ1v) is 7.70. The van der Waals surface area contributed by atoms with Gasteiger partial charge in [0.2, 0.25) is 5.91 Å².